The molecule has 2 aliphatic heterocycles. The van der Waals surface area contributed by atoms with Crippen LogP contribution in [0.2, 0.25) is 5.02 Å². The van der Waals surface area contributed by atoms with Crippen molar-refractivity contribution in [2.24, 2.45) is 5.41 Å². The molecule has 0 bridgehead atoms. The maximum atomic E-state index is 14.7. The van der Waals surface area contributed by atoms with Crippen molar-refractivity contribution in [1.29, 1.82) is 0 Å². The van der Waals surface area contributed by atoms with Crippen LogP contribution in [-0.4, -0.2) is 36.5 Å². The van der Waals surface area contributed by atoms with Gasteiger partial charge in [-0.15, -0.1) is 0 Å². The SMILES string of the molecule is COc1cccc(C(=O)C2C(c3ccccc3)C3(C(=O)c4ccccc4C3=O)C3C=Cc4cc(Cl)ccc4N23)c1. The standard InChI is InChI=1S/C34H24ClNO4/c1-40-24-11-7-10-22(19-24)31(37)30-29(20-8-3-2-4-9-20)34(32(38)25-12-5-6-13-26(25)33(34)39)28-17-14-21-18-23(35)15-16-27(21)36(28)30/h2-19,28-30H,1H3. The molecule has 3 unspecified atom stereocenters. The number of rotatable bonds is 4. The molecule has 1 aliphatic carbocycles. The van der Waals surface area contributed by atoms with Gasteiger partial charge in [-0.1, -0.05) is 90.5 Å². The summed E-state index contributed by atoms with van der Waals surface area (Å²) in [5, 5.41) is 0.562. The molecule has 1 spiro atoms. The number of methoxy groups -OCH3 is 1. The zero-order valence-corrected chi connectivity index (χ0v) is 22.3. The molecule has 3 atom stereocenters. The van der Waals surface area contributed by atoms with Crippen LogP contribution in [0.25, 0.3) is 6.08 Å². The Kier molecular flexibility index (Phi) is 5.55. The van der Waals surface area contributed by atoms with E-state index in [-0.39, 0.29) is 17.3 Å². The molecule has 0 aromatic heterocycles. The van der Waals surface area contributed by atoms with Crippen LogP contribution in [0.3, 0.4) is 0 Å². The first kappa shape index (κ1) is 24.6. The zero-order chi connectivity index (χ0) is 27.6. The van der Waals surface area contributed by atoms with Crippen LogP contribution < -0.4 is 9.64 Å². The van der Waals surface area contributed by atoms with Crippen molar-refractivity contribution in [3.63, 3.8) is 0 Å². The van der Waals surface area contributed by atoms with Gasteiger partial charge in [0.15, 0.2) is 17.3 Å². The van der Waals surface area contributed by atoms with Crippen molar-refractivity contribution < 1.29 is 19.1 Å². The molecule has 1 fully saturated rings. The highest BCUT2D eigenvalue weighted by atomic mass is 35.5. The van der Waals surface area contributed by atoms with E-state index in [2.05, 4.69) is 0 Å². The summed E-state index contributed by atoms with van der Waals surface area (Å²) in [7, 11) is 1.56. The van der Waals surface area contributed by atoms with Crippen molar-refractivity contribution in [2.75, 3.05) is 12.0 Å². The number of anilines is 1. The van der Waals surface area contributed by atoms with Gasteiger partial charge in [0, 0.05) is 33.3 Å². The van der Waals surface area contributed by atoms with Crippen molar-refractivity contribution in [3.05, 3.63) is 136 Å². The predicted octanol–water partition coefficient (Wildman–Crippen LogP) is 6.66. The number of nitrogens with zero attached hydrogens (tertiary/aromatic N) is 1. The maximum absolute atomic E-state index is 14.7. The number of Topliss-reactive ketones (excluding diaryl/α,β-unsaturated/α-hetero) is 3. The summed E-state index contributed by atoms with van der Waals surface area (Å²) in [5.74, 6) is -0.893. The number of carbonyl (C=O) groups is 3. The first-order valence-corrected chi connectivity index (χ1v) is 13.5. The summed E-state index contributed by atoms with van der Waals surface area (Å²) in [6, 6.07) is 27.4. The van der Waals surface area contributed by atoms with Gasteiger partial charge in [0.2, 0.25) is 0 Å². The van der Waals surface area contributed by atoms with Gasteiger partial charge in [-0.05, 0) is 41.5 Å². The number of benzene rings is 4. The lowest BCUT2D eigenvalue weighted by atomic mass is 9.64. The molecular weight excluding hydrogens is 522 g/mol. The van der Waals surface area contributed by atoms with Crippen molar-refractivity contribution in [1.82, 2.24) is 0 Å². The quantitative estimate of drug-likeness (QED) is 0.212. The lowest BCUT2D eigenvalue weighted by Crippen LogP contribution is -2.48. The minimum atomic E-state index is -1.53. The molecule has 3 aliphatic rings. The van der Waals surface area contributed by atoms with E-state index in [0.29, 0.717) is 27.5 Å². The Labute approximate surface area is 236 Å². The molecule has 40 heavy (non-hydrogen) atoms. The highest BCUT2D eigenvalue weighted by Gasteiger charge is 2.71. The lowest BCUT2D eigenvalue weighted by molar-refractivity contribution is 0.0666. The van der Waals surface area contributed by atoms with Gasteiger partial charge < -0.3 is 9.64 Å². The van der Waals surface area contributed by atoms with E-state index in [4.69, 9.17) is 16.3 Å². The van der Waals surface area contributed by atoms with Crippen LogP contribution in [0.15, 0.2) is 103 Å². The van der Waals surface area contributed by atoms with Crippen LogP contribution in [0.5, 0.6) is 5.75 Å². The van der Waals surface area contributed by atoms with Gasteiger partial charge in [-0.2, -0.15) is 0 Å². The molecular formula is C34H24ClNO4. The first-order chi connectivity index (χ1) is 19.5. The molecule has 0 amide bonds. The van der Waals surface area contributed by atoms with Gasteiger partial charge >= 0.3 is 0 Å². The van der Waals surface area contributed by atoms with Gasteiger partial charge in [-0.25, -0.2) is 0 Å². The number of hydrogen-bond acceptors (Lipinski definition) is 5. The topological polar surface area (TPSA) is 63.7 Å². The molecule has 0 saturated carbocycles. The largest absolute Gasteiger partial charge is 0.497 e. The van der Waals surface area contributed by atoms with Gasteiger partial charge in [0.05, 0.1) is 13.2 Å². The maximum Gasteiger partial charge on any atom is 0.186 e. The van der Waals surface area contributed by atoms with E-state index in [0.717, 1.165) is 16.8 Å². The first-order valence-electron chi connectivity index (χ1n) is 13.1. The minimum Gasteiger partial charge on any atom is -0.497 e. The van der Waals surface area contributed by atoms with E-state index < -0.39 is 23.4 Å². The smallest absolute Gasteiger partial charge is 0.186 e. The molecule has 1 saturated heterocycles. The summed E-state index contributed by atoms with van der Waals surface area (Å²) in [4.78, 5) is 45.9. The molecule has 4 aromatic rings. The number of hydrogen-bond donors (Lipinski definition) is 0. The minimum absolute atomic E-state index is 0.192. The molecule has 7 rings (SSSR count). The van der Waals surface area contributed by atoms with Crippen LogP contribution in [-0.2, 0) is 0 Å². The van der Waals surface area contributed by atoms with Crippen LogP contribution >= 0.6 is 11.6 Å². The van der Waals surface area contributed by atoms with Crippen molar-refractivity contribution in [3.8, 4) is 5.75 Å². The molecule has 6 heteroatoms. The summed E-state index contributed by atoms with van der Waals surface area (Å²) in [6.45, 7) is 0. The second kappa shape index (κ2) is 9.04. The summed E-state index contributed by atoms with van der Waals surface area (Å²) in [6.07, 6.45) is 3.81. The van der Waals surface area contributed by atoms with Crippen LogP contribution in [0.4, 0.5) is 5.69 Å². The Morgan fingerprint density at radius 1 is 0.850 bits per heavy atom. The van der Waals surface area contributed by atoms with Crippen LogP contribution in [0.1, 0.15) is 48.1 Å². The normalized spacial score (nSPS) is 21.8. The van der Waals surface area contributed by atoms with Crippen molar-refractivity contribution >= 4 is 40.7 Å². The fraction of sp³-hybridized carbons (Fsp3) is 0.147. The van der Waals surface area contributed by atoms with Gasteiger partial charge in [0.25, 0.3) is 0 Å². The number of ketones is 3. The summed E-state index contributed by atoms with van der Waals surface area (Å²) >= 11 is 6.36. The van der Waals surface area contributed by atoms with Crippen LogP contribution in [0, 0.1) is 5.41 Å². The predicted molar refractivity (Wildman–Crippen MR) is 155 cm³/mol. The Bertz CT molecular complexity index is 1710. The second-order valence-electron chi connectivity index (χ2n) is 10.4. The third-order valence-electron chi connectivity index (χ3n) is 8.55. The zero-order valence-electron chi connectivity index (χ0n) is 21.6. The summed E-state index contributed by atoms with van der Waals surface area (Å²) in [5.41, 5.74) is 2.06. The van der Waals surface area contributed by atoms with E-state index in [9.17, 15) is 14.4 Å². The van der Waals surface area contributed by atoms with E-state index in [1.807, 2.05) is 59.5 Å². The molecule has 4 aromatic carbocycles. The monoisotopic (exact) mass is 545 g/mol. The molecule has 196 valence electrons. The third-order valence-corrected chi connectivity index (χ3v) is 8.78. The van der Waals surface area contributed by atoms with E-state index in [1.165, 1.54) is 0 Å². The molecule has 0 radical (unpaired) electrons. The fourth-order valence-corrected chi connectivity index (χ4v) is 7.11. The Hall–Kier alpha value is -4.48. The number of halogens is 1. The number of ether oxygens (including phenoxy) is 1. The van der Waals surface area contributed by atoms with Gasteiger partial charge in [0.1, 0.15) is 17.2 Å². The lowest BCUT2D eigenvalue weighted by Gasteiger charge is -2.37. The highest BCUT2D eigenvalue weighted by molar-refractivity contribution is 6.32. The summed E-state index contributed by atoms with van der Waals surface area (Å²) < 4.78 is 5.43. The number of carbonyl (C=O) groups excluding carboxylic acids is 3. The average molecular weight is 546 g/mol. The third kappa shape index (κ3) is 3.24. The average Bonchev–Trinajstić information content (AvgIpc) is 3.43. The Balaban J connectivity index is 1.54. The Morgan fingerprint density at radius 2 is 1.55 bits per heavy atom. The van der Waals surface area contributed by atoms with E-state index in [1.54, 1.807) is 61.7 Å². The molecule has 2 heterocycles. The van der Waals surface area contributed by atoms with E-state index >= 15 is 0 Å². The molecule has 5 nitrogen and oxygen atoms in total. The Morgan fingerprint density at radius 3 is 2.25 bits per heavy atom. The molecule has 0 N–H and O–H groups in total. The second-order valence-corrected chi connectivity index (χ2v) is 10.9. The number of fused-ring (bicyclic) bond motifs is 5. The highest BCUT2D eigenvalue weighted by Crippen LogP contribution is 2.61. The van der Waals surface area contributed by atoms with Crippen molar-refractivity contribution in [2.45, 2.75) is 18.0 Å². The van der Waals surface area contributed by atoms with Gasteiger partial charge in [-0.3, -0.25) is 14.4 Å². The fourth-order valence-electron chi connectivity index (χ4n) is 6.93.